The Balaban J connectivity index is 2.68. The molecule has 0 aliphatic carbocycles. The Bertz CT molecular complexity index is 841. The predicted octanol–water partition coefficient (Wildman–Crippen LogP) is -3.37. The van der Waals surface area contributed by atoms with Gasteiger partial charge in [0.2, 0.25) is 17.7 Å². The first-order valence-electron chi connectivity index (χ1n) is 11.2. The smallest absolute Gasteiger partial charge is 0.326 e. The quantitative estimate of drug-likeness (QED) is 0.0586. The number of unbranched alkanes of at least 4 members (excludes halogenated alkanes) is 1. The zero-order valence-electron chi connectivity index (χ0n) is 19.5. The third kappa shape index (κ3) is 12.4. The number of rotatable bonds is 17. The van der Waals surface area contributed by atoms with Gasteiger partial charge in [0.1, 0.15) is 12.1 Å². The van der Waals surface area contributed by atoms with Crippen LogP contribution in [0, 0.1) is 0 Å². The number of hydrogen-bond donors (Lipinski definition) is 9. The van der Waals surface area contributed by atoms with Crippen molar-refractivity contribution in [3.05, 3.63) is 18.2 Å². The van der Waals surface area contributed by atoms with Gasteiger partial charge in [-0.1, -0.05) is 0 Å². The van der Waals surface area contributed by atoms with E-state index >= 15 is 0 Å². The largest absolute Gasteiger partial charge is 0.480 e. The molecule has 0 saturated carbocycles. The molecule has 0 aromatic carbocycles. The SMILES string of the molecule is NCCCCC(NC(=O)C(CCCN=C(N)N)NC(=O)CNC(=O)C(N)Cc1cnc[nH]1)C(=O)O. The van der Waals surface area contributed by atoms with E-state index < -0.39 is 48.4 Å². The molecular formula is C20H36N10O5. The molecule has 0 saturated heterocycles. The van der Waals surface area contributed by atoms with Gasteiger partial charge in [0.05, 0.1) is 18.9 Å². The molecule has 13 N–H and O–H groups in total. The number of hydrogen-bond acceptors (Lipinski definition) is 8. The molecule has 0 aliphatic rings. The van der Waals surface area contributed by atoms with Crippen LogP contribution in [-0.4, -0.2) is 82.5 Å². The molecule has 1 heterocycles. The minimum absolute atomic E-state index is 0.116. The van der Waals surface area contributed by atoms with E-state index in [9.17, 15) is 24.3 Å². The number of guanidine groups is 1. The molecule has 3 amide bonds. The van der Waals surface area contributed by atoms with E-state index in [2.05, 4.69) is 30.9 Å². The first kappa shape index (κ1) is 29.3. The second kappa shape index (κ2) is 16.0. The third-order valence-electron chi connectivity index (χ3n) is 4.91. The Labute approximate surface area is 202 Å². The molecule has 0 radical (unpaired) electrons. The molecule has 35 heavy (non-hydrogen) atoms. The maximum absolute atomic E-state index is 12.8. The Morgan fingerprint density at radius 2 is 1.77 bits per heavy atom. The van der Waals surface area contributed by atoms with Crippen LogP contribution in [0.5, 0.6) is 0 Å². The lowest BCUT2D eigenvalue weighted by Crippen LogP contribution is -2.53. The number of aliphatic carboxylic acids is 1. The number of aromatic amines is 1. The second-order valence-corrected chi connectivity index (χ2v) is 7.86. The summed E-state index contributed by atoms with van der Waals surface area (Å²) in [6.07, 6.45) is 4.98. The number of carboxylic acids is 1. The molecule has 0 fully saturated rings. The Morgan fingerprint density at radius 3 is 2.37 bits per heavy atom. The van der Waals surface area contributed by atoms with Gasteiger partial charge < -0.3 is 49.0 Å². The molecule has 1 rings (SSSR count). The molecule has 15 nitrogen and oxygen atoms in total. The van der Waals surface area contributed by atoms with Crippen LogP contribution < -0.4 is 38.9 Å². The van der Waals surface area contributed by atoms with Gasteiger partial charge in [0, 0.05) is 24.9 Å². The summed E-state index contributed by atoms with van der Waals surface area (Å²) in [5, 5.41) is 16.8. The monoisotopic (exact) mass is 496 g/mol. The number of carbonyl (C=O) groups is 4. The van der Waals surface area contributed by atoms with Crippen LogP contribution in [0.2, 0.25) is 0 Å². The molecule has 196 valence electrons. The molecule has 0 aliphatic heterocycles. The van der Waals surface area contributed by atoms with Gasteiger partial charge in [0.15, 0.2) is 5.96 Å². The van der Waals surface area contributed by atoms with E-state index in [-0.39, 0.29) is 31.8 Å². The highest BCUT2D eigenvalue weighted by Gasteiger charge is 2.26. The van der Waals surface area contributed by atoms with Gasteiger partial charge in [-0.3, -0.25) is 19.4 Å². The number of carboxylic acid groups (broad SMARTS) is 1. The number of nitrogens with one attached hydrogen (secondary N) is 4. The van der Waals surface area contributed by atoms with Crippen molar-refractivity contribution in [2.45, 2.75) is 56.7 Å². The number of imidazole rings is 1. The first-order chi connectivity index (χ1) is 16.6. The molecule has 1 aromatic rings. The van der Waals surface area contributed by atoms with Gasteiger partial charge in [-0.25, -0.2) is 9.78 Å². The summed E-state index contributed by atoms with van der Waals surface area (Å²) in [6.45, 7) is 0.188. The third-order valence-corrected chi connectivity index (χ3v) is 4.91. The maximum atomic E-state index is 12.8. The average molecular weight is 497 g/mol. The van der Waals surface area contributed by atoms with Crippen molar-refractivity contribution in [2.24, 2.45) is 27.9 Å². The Morgan fingerprint density at radius 1 is 1.06 bits per heavy atom. The van der Waals surface area contributed by atoms with Crippen molar-refractivity contribution in [1.82, 2.24) is 25.9 Å². The van der Waals surface area contributed by atoms with Crippen molar-refractivity contribution in [2.75, 3.05) is 19.6 Å². The summed E-state index contributed by atoms with van der Waals surface area (Å²) in [5.74, 6) is -3.20. The molecule has 3 unspecified atom stereocenters. The highest BCUT2D eigenvalue weighted by molar-refractivity contribution is 5.92. The van der Waals surface area contributed by atoms with E-state index in [1.807, 2.05) is 0 Å². The van der Waals surface area contributed by atoms with Crippen molar-refractivity contribution < 1.29 is 24.3 Å². The number of H-pyrrole nitrogens is 1. The summed E-state index contributed by atoms with van der Waals surface area (Å²) in [6, 6.07) is -3.11. The highest BCUT2D eigenvalue weighted by atomic mass is 16.4. The number of nitrogens with two attached hydrogens (primary N) is 4. The summed E-state index contributed by atoms with van der Waals surface area (Å²) in [4.78, 5) is 59.4. The molecule has 3 atom stereocenters. The fraction of sp³-hybridized carbons (Fsp3) is 0.600. The summed E-state index contributed by atoms with van der Waals surface area (Å²) < 4.78 is 0. The number of amides is 3. The molecule has 15 heteroatoms. The summed E-state index contributed by atoms with van der Waals surface area (Å²) in [5.41, 5.74) is 22.5. The van der Waals surface area contributed by atoms with Crippen LogP contribution in [0.1, 0.15) is 37.8 Å². The Hall–Kier alpha value is -3.72. The maximum Gasteiger partial charge on any atom is 0.326 e. The topological polar surface area (TPSA) is 270 Å². The van der Waals surface area contributed by atoms with Crippen molar-refractivity contribution in [1.29, 1.82) is 0 Å². The highest BCUT2D eigenvalue weighted by Crippen LogP contribution is 2.04. The Kier molecular flexibility index (Phi) is 13.4. The van der Waals surface area contributed by atoms with Crippen LogP contribution in [0.3, 0.4) is 0 Å². The van der Waals surface area contributed by atoms with Crippen LogP contribution in [0.15, 0.2) is 17.5 Å². The number of aliphatic imine (C=N–C) groups is 1. The summed E-state index contributed by atoms with van der Waals surface area (Å²) >= 11 is 0. The van der Waals surface area contributed by atoms with Gasteiger partial charge in [-0.2, -0.15) is 0 Å². The first-order valence-corrected chi connectivity index (χ1v) is 11.2. The lowest BCUT2D eigenvalue weighted by Gasteiger charge is -2.21. The predicted molar refractivity (Wildman–Crippen MR) is 128 cm³/mol. The van der Waals surface area contributed by atoms with Crippen LogP contribution in [-0.2, 0) is 25.6 Å². The van der Waals surface area contributed by atoms with Crippen molar-refractivity contribution in [3.8, 4) is 0 Å². The molecule has 0 spiro atoms. The summed E-state index contributed by atoms with van der Waals surface area (Å²) in [7, 11) is 0. The van der Waals surface area contributed by atoms with Gasteiger partial charge in [-0.15, -0.1) is 0 Å². The lowest BCUT2D eigenvalue weighted by atomic mass is 10.1. The number of aromatic nitrogens is 2. The van der Waals surface area contributed by atoms with Gasteiger partial charge >= 0.3 is 5.97 Å². The van der Waals surface area contributed by atoms with Gasteiger partial charge in [-0.05, 0) is 38.6 Å². The minimum Gasteiger partial charge on any atom is -0.480 e. The molecular weight excluding hydrogens is 460 g/mol. The second-order valence-electron chi connectivity index (χ2n) is 7.86. The van der Waals surface area contributed by atoms with E-state index in [0.717, 1.165) is 0 Å². The van der Waals surface area contributed by atoms with E-state index in [4.69, 9.17) is 22.9 Å². The fourth-order valence-corrected chi connectivity index (χ4v) is 3.06. The number of carbonyl (C=O) groups excluding carboxylic acids is 3. The molecule has 1 aromatic heterocycles. The fourth-order valence-electron chi connectivity index (χ4n) is 3.06. The van der Waals surface area contributed by atoms with Crippen LogP contribution in [0.4, 0.5) is 0 Å². The van der Waals surface area contributed by atoms with Gasteiger partial charge in [0.25, 0.3) is 0 Å². The zero-order valence-corrected chi connectivity index (χ0v) is 19.5. The van der Waals surface area contributed by atoms with Crippen LogP contribution >= 0.6 is 0 Å². The minimum atomic E-state index is -1.19. The van der Waals surface area contributed by atoms with E-state index in [1.54, 1.807) is 0 Å². The van der Waals surface area contributed by atoms with E-state index in [0.29, 0.717) is 31.5 Å². The zero-order chi connectivity index (χ0) is 26.2. The van der Waals surface area contributed by atoms with Crippen molar-refractivity contribution in [3.63, 3.8) is 0 Å². The average Bonchev–Trinajstić information content (AvgIpc) is 3.31. The van der Waals surface area contributed by atoms with Crippen molar-refractivity contribution >= 4 is 29.7 Å². The van der Waals surface area contributed by atoms with Crippen LogP contribution in [0.25, 0.3) is 0 Å². The lowest BCUT2D eigenvalue weighted by molar-refractivity contribution is -0.142. The molecule has 0 bridgehead atoms. The standard InChI is InChI=1S/C20H36N10O5/c21-6-2-1-4-15(19(34)35)30-18(33)14(5-3-7-26-20(23)24)29-16(31)10-27-17(32)13(22)8-12-9-25-11-28-12/h9,11,13-15H,1-8,10,21-22H2,(H,25,28)(H,27,32)(H,29,31)(H,30,33)(H,34,35)(H4,23,24,26). The van der Waals surface area contributed by atoms with E-state index in [1.165, 1.54) is 12.5 Å². The normalized spacial score (nSPS) is 13.2. The number of nitrogens with zero attached hydrogens (tertiary/aromatic N) is 2.